The fraction of sp³-hybridized carbons (Fsp3) is 0.600. The molecule has 1 unspecified atom stereocenters. The molecule has 1 atom stereocenters. The summed E-state index contributed by atoms with van der Waals surface area (Å²) in [5.74, 6) is 0.433. The number of benzene rings is 1. The third-order valence-corrected chi connectivity index (χ3v) is 5.45. The van der Waals surface area contributed by atoms with Crippen LogP contribution >= 0.6 is 0 Å². The molecule has 1 aromatic carbocycles. The summed E-state index contributed by atoms with van der Waals surface area (Å²) in [4.78, 5) is 0.285. The van der Waals surface area contributed by atoms with E-state index in [1.165, 1.54) is 0 Å². The standard InChI is InChI=1S/C15H25NO2S/c1-4-6-7-13(5-2)11-19(17,18)15-9-8-12(3)10-14(15)16/h8-10,13H,4-7,11,16H2,1-3H3. The van der Waals surface area contributed by atoms with E-state index in [1.807, 2.05) is 13.8 Å². The number of rotatable bonds is 7. The molecule has 0 aliphatic carbocycles. The maximum absolute atomic E-state index is 12.4. The van der Waals surface area contributed by atoms with E-state index in [0.717, 1.165) is 31.2 Å². The molecule has 0 fully saturated rings. The fourth-order valence-corrected chi connectivity index (χ4v) is 4.15. The summed E-state index contributed by atoms with van der Waals surface area (Å²) in [5.41, 5.74) is 7.19. The quantitative estimate of drug-likeness (QED) is 0.778. The van der Waals surface area contributed by atoms with Crippen molar-refractivity contribution in [2.24, 2.45) is 5.92 Å². The first kappa shape index (κ1) is 16.0. The van der Waals surface area contributed by atoms with Gasteiger partial charge in [-0.25, -0.2) is 8.42 Å². The molecule has 0 heterocycles. The summed E-state index contributed by atoms with van der Waals surface area (Å²) in [6.07, 6.45) is 4.05. The summed E-state index contributed by atoms with van der Waals surface area (Å²) in [6, 6.07) is 5.16. The van der Waals surface area contributed by atoms with Gasteiger partial charge in [0.15, 0.2) is 9.84 Å². The van der Waals surface area contributed by atoms with Crippen molar-refractivity contribution in [2.75, 3.05) is 11.5 Å². The molecule has 0 radical (unpaired) electrons. The van der Waals surface area contributed by atoms with E-state index in [0.29, 0.717) is 5.69 Å². The molecule has 108 valence electrons. The Kier molecular flexibility index (Phi) is 5.85. The lowest BCUT2D eigenvalue weighted by Crippen LogP contribution is -2.17. The Labute approximate surface area is 117 Å². The summed E-state index contributed by atoms with van der Waals surface area (Å²) in [6.45, 7) is 6.08. The van der Waals surface area contributed by atoms with Gasteiger partial charge in [0, 0.05) is 0 Å². The highest BCUT2D eigenvalue weighted by Gasteiger charge is 2.22. The van der Waals surface area contributed by atoms with E-state index in [4.69, 9.17) is 5.73 Å². The maximum Gasteiger partial charge on any atom is 0.180 e. The average molecular weight is 283 g/mol. The first-order valence-electron chi connectivity index (χ1n) is 6.99. The van der Waals surface area contributed by atoms with Crippen LogP contribution in [0.1, 0.15) is 45.1 Å². The van der Waals surface area contributed by atoms with Gasteiger partial charge in [-0.1, -0.05) is 39.2 Å². The second kappa shape index (κ2) is 6.94. The van der Waals surface area contributed by atoms with Crippen LogP contribution < -0.4 is 5.73 Å². The van der Waals surface area contributed by atoms with E-state index >= 15 is 0 Å². The molecule has 1 rings (SSSR count). The van der Waals surface area contributed by atoms with Gasteiger partial charge in [0.05, 0.1) is 16.3 Å². The number of unbranched alkanes of at least 4 members (excludes halogenated alkanes) is 1. The number of nitrogens with two attached hydrogens (primary N) is 1. The highest BCUT2D eigenvalue weighted by Crippen LogP contribution is 2.25. The van der Waals surface area contributed by atoms with Crippen molar-refractivity contribution in [3.05, 3.63) is 23.8 Å². The first-order chi connectivity index (χ1) is 8.90. The molecular formula is C15H25NO2S. The Morgan fingerprint density at radius 2 is 1.95 bits per heavy atom. The Bertz CT molecular complexity index is 509. The minimum Gasteiger partial charge on any atom is -0.398 e. The van der Waals surface area contributed by atoms with Crippen LogP contribution in [0, 0.1) is 12.8 Å². The van der Waals surface area contributed by atoms with Gasteiger partial charge in [0.2, 0.25) is 0 Å². The largest absolute Gasteiger partial charge is 0.398 e. The summed E-state index contributed by atoms with van der Waals surface area (Å²) >= 11 is 0. The van der Waals surface area contributed by atoms with Crippen molar-refractivity contribution in [1.82, 2.24) is 0 Å². The molecule has 19 heavy (non-hydrogen) atoms. The zero-order valence-corrected chi connectivity index (χ0v) is 13.0. The van der Waals surface area contributed by atoms with Crippen molar-refractivity contribution >= 4 is 15.5 Å². The zero-order chi connectivity index (χ0) is 14.5. The predicted molar refractivity (Wildman–Crippen MR) is 81.0 cm³/mol. The molecular weight excluding hydrogens is 258 g/mol. The van der Waals surface area contributed by atoms with Gasteiger partial charge in [-0.15, -0.1) is 0 Å². The van der Waals surface area contributed by atoms with Gasteiger partial charge in [-0.05, 0) is 37.0 Å². The molecule has 0 aliphatic heterocycles. The van der Waals surface area contributed by atoms with Crippen molar-refractivity contribution in [1.29, 1.82) is 0 Å². The van der Waals surface area contributed by atoms with Crippen LogP contribution in [0.2, 0.25) is 0 Å². The predicted octanol–water partition coefficient (Wildman–Crippen LogP) is 3.57. The first-order valence-corrected chi connectivity index (χ1v) is 8.64. The SMILES string of the molecule is CCCCC(CC)CS(=O)(=O)c1ccc(C)cc1N. The lowest BCUT2D eigenvalue weighted by Gasteiger charge is -2.15. The van der Waals surface area contributed by atoms with Crippen molar-refractivity contribution in [2.45, 2.75) is 51.3 Å². The van der Waals surface area contributed by atoms with Crippen molar-refractivity contribution in [3.8, 4) is 0 Å². The van der Waals surface area contributed by atoms with E-state index in [-0.39, 0.29) is 16.6 Å². The molecule has 0 amide bonds. The molecule has 0 aliphatic rings. The third-order valence-electron chi connectivity index (χ3n) is 3.50. The van der Waals surface area contributed by atoms with Gasteiger partial charge in [0.25, 0.3) is 0 Å². The normalized spacial score (nSPS) is 13.4. The van der Waals surface area contributed by atoms with Crippen LogP contribution in [-0.4, -0.2) is 14.2 Å². The molecule has 3 nitrogen and oxygen atoms in total. The van der Waals surface area contributed by atoms with Crippen LogP contribution in [0.3, 0.4) is 0 Å². The van der Waals surface area contributed by atoms with E-state index in [9.17, 15) is 8.42 Å². The van der Waals surface area contributed by atoms with Crippen molar-refractivity contribution in [3.63, 3.8) is 0 Å². The second-order valence-electron chi connectivity index (χ2n) is 5.24. The summed E-state index contributed by atoms with van der Waals surface area (Å²) in [5, 5.41) is 0. The van der Waals surface area contributed by atoms with Gasteiger partial charge in [-0.3, -0.25) is 0 Å². The lowest BCUT2D eigenvalue weighted by molar-refractivity contribution is 0.484. The minimum atomic E-state index is -3.27. The Balaban J connectivity index is 2.90. The van der Waals surface area contributed by atoms with Crippen LogP contribution in [0.4, 0.5) is 5.69 Å². The highest BCUT2D eigenvalue weighted by atomic mass is 32.2. The number of anilines is 1. The Morgan fingerprint density at radius 1 is 1.26 bits per heavy atom. The third kappa shape index (κ3) is 4.53. The Morgan fingerprint density at radius 3 is 2.47 bits per heavy atom. The lowest BCUT2D eigenvalue weighted by atomic mass is 10.0. The van der Waals surface area contributed by atoms with Gasteiger partial charge in [0.1, 0.15) is 0 Å². The smallest absolute Gasteiger partial charge is 0.180 e. The van der Waals surface area contributed by atoms with Gasteiger partial charge < -0.3 is 5.73 Å². The number of hydrogen-bond donors (Lipinski definition) is 1. The fourth-order valence-electron chi connectivity index (χ4n) is 2.25. The van der Waals surface area contributed by atoms with Crippen molar-refractivity contribution < 1.29 is 8.42 Å². The van der Waals surface area contributed by atoms with Gasteiger partial charge in [-0.2, -0.15) is 0 Å². The molecule has 1 aromatic rings. The second-order valence-corrected chi connectivity index (χ2v) is 7.24. The maximum atomic E-state index is 12.4. The molecule has 4 heteroatoms. The van der Waals surface area contributed by atoms with Gasteiger partial charge >= 0.3 is 0 Å². The monoisotopic (exact) mass is 283 g/mol. The average Bonchev–Trinajstić information content (AvgIpc) is 2.33. The number of hydrogen-bond acceptors (Lipinski definition) is 3. The molecule has 0 aromatic heterocycles. The van der Waals surface area contributed by atoms with Crippen LogP contribution in [-0.2, 0) is 9.84 Å². The zero-order valence-electron chi connectivity index (χ0n) is 12.1. The van der Waals surface area contributed by atoms with E-state index < -0.39 is 9.84 Å². The summed E-state index contributed by atoms with van der Waals surface area (Å²) in [7, 11) is -3.27. The number of aryl methyl sites for hydroxylation is 1. The number of nitrogen functional groups attached to an aromatic ring is 1. The van der Waals surface area contributed by atoms with Crippen LogP contribution in [0.5, 0.6) is 0 Å². The molecule has 2 N–H and O–H groups in total. The number of sulfone groups is 1. The van der Waals surface area contributed by atoms with Crippen LogP contribution in [0.15, 0.2) is 23.1 Å². The molecule has 0 bridgehead atoms. The van der Waals surface area contributed by atoms with Crippen LogP contribution in [0.25, 0.3) is 0 Å². The summed E-state index contributed by atoms with van der Waals surface area (Å²) < 4.78 is 24.8. The van der Waals surface area contributed by atoms with E-state index in [1.54, 1.807) is 18.2 Å². The minimum absolute atomic E-state index is 0.205. The molecule has 0 saturated heterocycles. The topological polar surface area (TPSA) is 60.2 Å². The highest BCUT2D eigenvalue weighted by molar-refractivity contribution is 7.91. The molecule has 0 saturated carbocycles. The molecule has 0 spiro atoms. The van der Waals surface area contributed by atoms with E-state index in [2.05, 4.69) is 6.92 Å². The Hall–Kier alpha value is -1.03.